The van der Waals surface area contributed by atoms with Crippen LogP contribution in [0.15, 0.2) is 0 Å². The minimum absolute atomic E-state index is 0.0945. The van der Waals surface area contributed by atoms with Crippen LogP contribution in [0.3, 0.4) is 0 Å². The summed E-state index contributed by atoms with van der Waals surface area (Å²) in [5.41, 5.74) is -0.126. The first-order valence-corrected chi connectivity index (χ1v) is 5.99. The first kappa shape index (κ1) is 12.3. The smallest absolute Gasteiger partial charge is 0.317 e. The molecule has 0 spiro atoms. The largest absolute Gasteiger partial charge is 0.333 e. The number of carbonyl (C=O) groups is 1. The summed E-state index contributed by atoms with van der Waals surface area (Å²) in [6.07, 6.45) is 3.57. The minimum Gasteiger partial charge on any atom is -0.333 e. The number of carbonyl (C=O) groups excluding carboxylic acids is 1. The lowest BCUT2D eigenvalue weighted by molar-refractivity contribution is 0.162. The first-order valence-electron chi connectivity index (χ1n) is 5.99. The van der Waals surface area contributed by atoms with E-state index in [9.17, 15) is 4.79 Å². The zero-order chi connectivity index (χ0) is 11.5. The van der Waals surface area contributed by atoms with Crippen molar-refractivity contribution in [1.82, 2.24) is 10.2 Å². The molecule has 3 nitrogen and oxygen atoms in total. The van der Waals surface area contributed by atoms with Crippen LogP contribution >= 0.6 is 0 Å². The molecule has 88 valence electrons. The van der Waals surface area contributed by atoms with Crippen molar-refractivity contribution in [2.45, 2.75) is 52.5 Å². The molecule has 2 amide bonds. The molecule has 0 unspecified atom stereocenters. The highest BCUT2D eigenvalue weighted by Gasteiger charge is 2.24. The molecule has 0 aliphatic carbocycles. The Hall–Kier alpha value is -0.730. The van der Waals surface area contributed by atoms with Gasteiger partial charge in [-0.15, -0.1) is 0 Å². The van der Waals surface area contributed by atoms with Gasteiger partial charge in [0.05, 0.1) is 0 Å². The van der Waals surface area contributed by atoms with E-state index in [-0.39, 0.29) is 11.6 Å². The molecule has 1 aliphatic rings. The molecule has 0 aromatic heterocycles. The second kappa shape index (κ2) is 4.86. The van der Waals surface area contributed by atoms with Crippen molar-refractivity contribution < 1.29 is 4.79 Å². The molecule has 1 aliphatic heterocycles. The van der Waals surface area contributed by atoms with Crippen LogP contribution in [0.25, 0.3) is 0 Å². The summed E-state index contributed by atoms with van der Waals surface area (Å²) in [6, 6.07) is 0.0945. The highest BCUT2D eigenvalue weighted by Crippen LogP contribution is 2.20. The number of rotatable bonds is 1. The molecule has 15 heavy (non-hydrogen) atoms. The van der Waals surface area contributed by atoms with Gasteiger partial charge in [0.2, 0.25) is 0 Å². The summed E-state index contributed by atoms with van der Waals surface area (Å²) < 4.78 is 0. The molecule has 0 bridgehead atoms. The number of nitrogens with zero attached hydrogens (tertiary/aromatic N) is 1. The monoisotopic (exact) mass is 212 g/mol. The van der Waals surface area contributed by atoms with E-state index in [1.165, 1.54) is 6.42 Å². The summed E-state index contributed by atoms with van der Waals surface area (Å²) in [6.45, 7) is 10.1. The van der Waals surface area contributed by atoms with Crippen LogP contribution in [0.1, 0.15) is 47.0 Å². The maximum Gasteiger partial charge on any atom is 0.317 e. The van der Waals surface area contributed by atoms with Crippen molar-refractivity contribution in [1.29, 1.82) is 0 Å². The third kappa shape index (κ3) is 4.10. The van der Waals surface area contributed by atoms with Gasteiger partial charge >= 0.3 is 6.03 Å². The molecule has 0 aromatic carbocycles. The third-order valence-electron chi connectivity index (χ3n) is 2.96. The Morgan fingerprint density at radius 2 is 1.87 bits per heavy atom. The van der Waals surface area contributed by atoms with Crippen LogP contribution in [0.5, 0.6) is 0 Å². The highest BCUT2D eigenvalue weighted by atomic mass is 16.2. The van der Waals surface area contributed by atoms with E-state index < -0.39 is 0 Å². The molecule has 1 saturated heterocycles. The maximum atomic E-state index is 11.8. The lowest BCUT2D eigenvalue weighted by atomic mass is 9.94. The van der Waals surface area contributed by atoms with Crippen molar-refractivity contribution in [3.63, 3.8) is 0 Å². The number of hydrogen-bond acceptors (Lipinski definition) is 1. The molecular weight excluding hydrogens is 188 g/mol. The van der Waals surface area contributed by atoms with E-state index in [1.54, 1.807) is 0 Å². The third-order valence-corrected chi connectivity index (χ3v) is 2.96. The second-order valence-electron chi connectivity index (χ2n) is 5.52. The molecule has 1 fully saturated rings. The quantitative estimate of drug-likeness (QED) is 0.712. The molecule has 3 heteroatoms. The van der Waals surface area contributed by atoms with Crippen LogP contribution in [0.2, 0.25) is 0 Å². The van der Waals surface area contributed by atoms with E-state index in [2.05, 4.69) is 12.2 Å². The van der Waals surface area contributed by atoms with Crippen LogP contribution in [-0.4, -0.2) is 29.6 Å². The summed E-state index contributed by atoms with van der Waals surface area (Å²) in [5.74, 6) is 0.823. The van der Waals surface area contributed by atoms with Crippen LogP contribution < -0.4 is 5.32 Å². The number of hydrogen-bond donors (Lipinski definition) is 1. The van der Waals surface area contributed by atoms with Crippen molar-refractivity contribution in [2.24, 2.45) is 5.92 Å². The first-order chi connectivity index (χ1) is 6.92. The van der Waals surface area contributed by atoms with Gasteiger partial charge in [-0.2, -0.15) is 0 Å². The molecule has 0 saturated carbocycles. The summed E-state index contributed by atoms with van der Waals surface area (Å²) in [7, 11) is 0. The van der Waals surface area contributed by atoms with Gasteiger partial charge in [-0.05, 0) is 39.5 Å². The van der Waals surface area contributed by atoms with Gasteiger partial charge in [0.15, 0.2) is 0 Å². The minimum atomic E-state index is -0.126. The van der Waals surface area contributed by atoms with Crippen molar-refractivity contribution in [2.75, 3.05) is 13.1 Å². The zero-order valence-corrected chi connectivity index (χ0v) is 10.5. The van der Waals surface area contributed by atoms with Gasteiger partial charge in [0.25, 0.3) is 0 Å². The Morgan fingerprint density at radius 1 is 1.33 bits per heavy atom. The van der Waals surface area contributed by atoms with E-state index >= 15 is 0 Å². The Morgan fingerprint density at radius 3 is 2.27 bits per heavy atom. The molecule has 1 N–H and O–H groups in total. The summed E-state index contributed by atoms with van der Waals surface area (Å²) >= 11 is 0. The number of piperidine rings is 1. The average Bonchev–Trinajstić information content (AvgIpc) is 2.15. The molecule has 0 aromatic rings. The SMILES string of the molecule is CCC1CCN(C(=O)NC(C)(C)C)CC1. The number of urea groups is 1. The number of nitrogens with one attached hydrogen (secondary N) is 1. The normalized spacial score (nSPS) is 19.1. The second-order valence-corrected chi connectivity index (χ2v) is 5.52. The van der Waals surface area contributed by atoms with Crippen molar-refractivity contribution >= 4 is 6.03 Å². The van der Waals surface area contributed by atoms with E-state index in [0.717, 1.165) is 31.8 Å². The standard InChI is InChI=1S/C12H24N2O/c1-5-10-6-8-14(9-7-10)11(15)13-12(2,3)4/h10H,5-9H2,1-4H3,(H,13,15). The van der Waals surface area contributed by atoms with Gasteiger partial charge in [0, 0.05) is 18.6 Å². The molecule has 0 radical (unpaired) electrons. The fourth-order valence-corrected chi connectivity index (χ4v) is 1.94. The number of likely N-dealkylation sites (tertiary alicyclic amines) is 1. The number of amides is 2. The van der Waals surface area contributed by atoms with Crippen LogP contribution in [-0.2, 0) is 0 Å². The fraction of sp³-hybridized carbons (Fsp3) is 0.917. The van der Waals surface area contributed by atoms with Gasteiger partial charge < -0.3 is 10.2 Å². The topological polar surface area (TPSA) is 32.3 Å². The van der Waals surface area contributed by atoms with Gasteiger partial charge in [-0.25, -0.2) is 4.79 Å². The van der Waals surface area contributed by atoms with Crippen molar-refractivity contribution in [3.05, 3.63) is 0 Å². The Kier molecular flexibility index (Phi) is 4.00. The summed E-state index contributed by atoms with van der Waals surface area (Å²) in [4.78, 5) is 13.8. The van der Waals surface area contributed by atoms with Gasteiger partial charge in [-0.3, -0.25) is 0 Å². The highest BCUT2D eigenvalue weighted by molar-refractivity contribution is 5.75. The van der Waals surface area contributed by atoms with Gasteiger partial charge in [0.1, 0.15) is 0 Å². The zero-order valence-electron chi connectivity index (χ0n) is 10.5. The van der Waals surface area contributed by atoms with E-state index in [4.69, 9.17) is 0 Å². The average molecular weight is 212 g/mol. The predicted molar refractivity (Wildman–Crippen MR) is 62.9 cm³/mol. The fourth-order valence-electron chi connectivity index (χ4n) is 1.94. The Bertz CT molecular complexity index is 212. The molecular formula is C12H24N2O. The van der Waals surface area contributed by atoms with E-state index in [0.29, 0.717) is 0 Å². The Labute approximate surface area is 93.2 Å². The molecule has 1 heterocycles. The van der Waals surface area contributed by atoms with Crippen LogP contribution in [0.4, 0.5) is 4.79 Å². The van der Waals surface area contributed by atoms with Crippen molar-refractivity contribution in [3.8, 4) is 0 Å². The lowest BCUT2D eigenvalue weighted by Crippen LogP contribution is -2.50. The van der Waals surface area contributed by atoms with E-state index in [1.807, 2.05) is 25.7 Å². The summed E-state index contributed by atoms with van der Waals surface area (Å²) in [5, 5.41) is 3.01. The maximum absolute atomic E-state index is 11.8. The lowest BCUT2D eigenvalue weighted by Gasteiger charge is -2.34. The van der Waals surface area contributed by atoms with Crippen LogP contribution in [0, 0.1) is 5.92 Å². The molecule has 0 atom stereocenters. The van der Waals surface area contributed by atoms with Gasteiger partial charge in [-0.1, -0.05) is 13.3 Å². The predicted octanol–water partition coefficient (Wildman–Crippen LogP) is 2.62. The molecule has 1 rings (SSSR count). The Balaban J connectivity index is 2.37.